The number of carbonyl (C=O) groups excluding carboxylic acids is 1. The molecule has 1 N–H and O–H groups in total. The second kappa shape index (κ2) is 5.92. The zero-order valence-corrected chi connectivity index (χ0v) is 10.4. The quantitative estimate of drug-likeness (QED) is 0.838. The highest BCUT2D eigenvalue weighted by Crippen LogP contribution is 2.31. The van der Waals surface area contributed by atoms with Crippen LogP contribution >= 0.6 is 11.6 Å². The van der Waals surface area contributed by atoms with Crippen molar-refractivity contribution in [3.8, 4) is 5.75 Å². The van der Waals surface area contributed by atoms with Crippen LogP contribution in [0.5, 0.6) is 5.75 Å². The van der Waals surface area contributed by atoms with Gasteiger partial charge in [-0.3, -0.25) is 4.79 Å². The first-order valence-corrected chi connectivity index (χ1v) is 6.42. The minimum Gasteiger partial charge on any atom is -0.493 e. The summed E-state index contributed by atoms with van der Waals surface area (Å²) in [5.41, 5.74) is 1.07. The number of hydrogen-bond donors (Lipinski definition) is 1. The molecule has 2 rings (SSSR count). The first kappa shape index (κ1) is 12.2. The van der Waals surface area contributed by atoms with Crippen LogP contribution in [0.25, 0.3) is 0 Å². The van der Waals surface area contributed by atoms with E-state index in [0.29, 0.717) is 18.9 Å². The van der Waals surface area contributed by atoms with E-state index in [-0.39, 0.29) is 11.9 Å². The van der Waals surface area contributed by atoms with Gasteiger partial charge in [0.1, 0.15) is 5.75 Å². The molecule has 92 valence electrons. The Morgan fingerprint density at radius 1 is 1.47 bits per heavy atom. The maximum absolute atomic E-state index is 11.7. The molecule has 1 aromatic carbocycles. The molecular formula is C13H16ClNO2. The molecule has 4 heteroatoms. The maximum Gasteiger partial charge on any atom is 0.220 e. The van der Waals surface area contributed by atoms with Crippen LogP contribution in [0.1, 0.15) is 30.9 Å². The number of amides is 1. The summed E-state index contributed by atoms with van der Waals surface area (Å²) >= 11 is 5.57. The molecule has 1 amide bonds. The van der Waals surface area contributed by atoms with Crippen LogP contribution in [0.4, 0.5) is 0 Å². The zero-order valence-electron chi connectivity index (χ0n) is 9.62. The molecule has 1 aliphatic heterocycles. The summed E-state index contributed by atoms with van der Waals surface area (Å²) in [5, 5.41) is 3.03. The minimum absolute atomic E-state index is 0.0624. The summed E-state index contributed by atoms with van der Waals surface area (Å²) in [6.07, 6.45) is 2.03. The van der Waals surface area contributed by atoms with Gasteiger partial charge >= 0.3 is 0 Å². The van der Waals surface area contributed by atoms with Gasteiger partial charge in [0.15, 0.2) is 0 Å². The van der Waals surface area contributed by atoms with Gasteiger partial charge in [0.2, 0.25) is 5.91 Å². The average molecular weight is 254 g/mol. The molecule has 1 aliphatic rings. The number of halogens is 1. The Labute approximate surface area is 106 Å². The average Bonchev–Trinajstić information content (AvgIpc) is 2.37. The van der Waals surface area contributed by atoms with Gasteiger partial charge in [0.25, 0.3) is 0 Å². The van der Waals surface area contributed by atoms with E-state index in [2.05, 4.69) is 5.32 Å². The van der Waals surface area contributed by atoms with Crippen molar-refractivity contribution in [3.05, 3.63) is 29.8 Å². The van der Waals surface area contributed by atoms with Crippen LogP contribution < -0.4 is 10.1 Å². The number of para-hydroxylation sites is 1. The molecule has 0 radical (unpaired) electrons. The van der Waals surface area contributed by atoms with Crippen molar-refractivity contribution < 1.29 is 9.53 Å². The van der Waals surface area contributed by atoms with Gasteiger partial charge in [0, 0.05) is 24.3 Å². The molecule has 3 nitrogen and oxygen atoms in total. The Hall–Kier alpha value is -1.22. The molecule has 0 saturated heterocycles. The van der Waals surface area contributed by atoms with Crippen LogP contribution in [0, 0.1) is 0 Å². The number of rotatable bonds is 4. The predicted molar refractivity (Wildman–Crippen MR) is 67.4 cm³/mol. The van der Waals surface area contributed by atoms with E-state index in [1.807, 2.05) is 24.3 Å². The standard InChI is InChI=1S/C13H16ClNO2/c14-8-3-6-13(16)15-11-7-9-17-12-5-2-1-4-10(11)12/h1-2,4-5,11H,3,6-9H2,(H,15,16). The van der Waals surface area contributed by atoms with Crippen molar-refractivity contribution in [3.63, 3.8) is 0 Å². The third-order valence-electron chi connectivity index (χ3n) is 2.83. The summed E-state index contributed by atoms with van der Waals surface area (Å²) < 4.78 is 5.54. The number of benzene rings is 1. The highest BCUT2D eigenvalue weighted by atomic mass is 35.5. The third kappa shape index (κ3) is 3.13. The fourth-order valence-corrected chi connectivity index (χ4v) is 2.12. The van der Waals surface area contributed by atoms with Crippen LogP contribution in [-0.4, -0.2) is 18.4 Å². The maximum atomic E-state index is 11.7. The van der Waals surface area contributed by atoms with E-state index < -0.39 is 0 Å². The molecular weight excluding hydrogens is 238 g/mol. The predicted octanol–water partition coefficient (Wildman–Crippen LogP) is 2.65. The van der Waals surface area contributed by atoms with Crippen molar-refractivity contribution in [2.24, 2.45) is 0 Å². The molecule has 0 saturated carbocycles. The van der Waals surface area contributed by atoms with Crippen LogP contribution in [0.2, 0.25) is 0 Å². The van der Waals surface area contributed by atoms with Crippen LogP contribution in [-0.2, 0) is 4.79 Å². The summed E-state index contributed by atoms with van der Waals surface area (Å²) in [6.45, 7) is 0.650. The number of ether oxygens (including phenoxy) is 1. The third-order valence-corrected chi connectivity index (χ3v) is 3.10. The highest BCUT2D eigenvalue weighted by molar-refractivity contribution is 6.17. The lowest BCUT2D eigenvalue weighted by Gasteiger charge is -2.26. The number of hydrogen-bond acceptors (Lipinski definition) is 2. The Bertz CT molecular complexity index is 395. The molecule has 0 spiro atoms. The summed E-state index contributed by atoms with van der Waals surface area (Å²) in [6, 6.07) is 7.91. The van der Waals surface area contributed by atoms with Gasteiger partial charge in [-0.25, -0.2) is 0 Å². The first-order chi connectivity index (χ1) is 8.31. The molecule has 1 atom stereocenters. The van der Waals surface area contributed by atoms with Crippen molar-refractivity contribution in [1.29, 1.82) is 0 Å². The van der Waals surface area contributed by atoms with Gasteiger partial charge in [-0.2, -0.15) is 0 Å². The zero-order chi connectivity index (χ0) is 12.1. The van der Waals surface area contributed by atoms with Gasteiger partial charge in [-0.05, 0) is 12.5 Å². The number of nitrogens with one attached hydrogen (secondary N) is 1. The monoisotopic (exact) mass is 253 g/mol. The van der Waals surface area contributed by atoms with E-state index in [0.717, 1.165) is 24.2 Å². The van der Waals surface area contributed by atoms with E-state index in [1.54, 1.807) is 0 Å². The van der Waals surface area contributed by atoms with Gasteiger partial charge in [-0.1, -0.05) is 18.2 Å². The van der Waals surface area contributed by atoms with Crippen LogP contribution in [0.15, 0.2) is 24.3 Å². The molecule has 0 aromatic heterocycles. The van der Waals surface area contributed by atoms with Crippen molar-refractivity contribution in [2.75, 3.05) is 12.5 Å². The largest absolute Gasteiger partial charge is 0.493 e. The summed E-state index contributed by atoms with van der Waals surface area (Å²) in [7, 11) is 0. The number of alkyl halides is 1. The van der Waals surface area contributed by atoms with E-state index in [1.165, 1.54) is 0 Å². The number of carbonyl (C=O) groups is 1. The van der Waals surface area contributed by atoms with Crippen molar-refractivity contribution in [1.82, 2.24) is 5.32 Å². The Balaban J connectivity index is 2.01. The lowest BCUT2D eigenvalue weighted by molar-refractivity contribution is -0.122. The second-order valence-corrected chi connectivity index (χ2v) is 4.47. The molecule has 0 bridgehead atoms. The molecule has 1 aromatic rings. The van der Waals surface area contributed by atoms with Gasteiger partial charge in [0.05, 0.1) is 12.6 Å². The fourth-order valence-electron chi connectivity index (χ4n) is 1.99. The lowest BCUT2D eigenvalue weighted by atomic mass is 10.0. The number of fused-ring (bicyclic) bond motifs is 1. The van der Waals surface area contributed by atoms with Crippen molar-refractivity contribution >= 4 is 17.5 Å². The van der Waals surface area contributed by atoms with E-state index in [9.17, 15) is 4.79 Å². The Morgan fingerprint density at radius 3 is 3.12 bits per heavy atom. The fraction of sp³-hybridized carbons (Fsp3) is 0.462. The SMILES string of the molecule is O=C(CCCCl)NC1CCOc2ccccc21. The van der Waals surface area contributed by atoms with Gasteiger partial charge in [-0.15, -0.1) is 11.6 Å². The minimum atomic E-state index is 0.0624. The van der Waals surface area contributed by atoms with Crippen LogP contribution in [0.3, 0.4) is 0 Å². The molecule has 0 aliphatic carbocycles. The molecule has 1 heterocycles. The highest BCUT2D eigenvalue weighted by Gasteiger charge is 2.22. The molecule has 1 unspecified atom stereocenters. The topological polar surface area (TPSA) is 38.3 Å². The Morgan fingerprint density at radius 2 is 2.29 bits per heavy atom. The summed E-state index contributed by atoms with van der Waals surface area (Å²) in [4.78, 5) is 11.7. The molecule has 17 heavy (non-hydrogen) atoms. The second-order valence-electron chi connectivity index (χ2n) is 4.09. The normalized spacial score (nSPS) is 18.1. The molecule has 0 fully saturated rings. The summed E-state index contributed by atoms with van der Waals surface area (Å²) in [5.74, 6) is 1.46. The first-order valence-electron chi connectivity index (χ1n) is 5.88. The van der Waals surface area contributed by atoms with E-state index >= 15 is 0 Å². The Kier molecular flexibility index (Phi) is 4.26. The smallest absolute Gasteiger partial charge is 0.220 e. The van der Waals surface area contributed by atoms with E-state index in [4.69, 9.17) is 16.3 Å². The van der Waals surface area contributed by atoms with Gasteiger partial charge < -0.3 is 10.1 Å². The lowest BCUT2D eigenvalue weighted by Crippen LogP contribution is -2.32. The van der Waals surface area contributed by atoms with Crippen molar-refractivity contribution in [2.45, 2.75) is 25.3 Å².